The highest BCUT2D eigenvalue weighted by Crippen LogP contribution is 2.25. The van der Waals surface area contributed by atoms with Gasteiger partial charge >= 0.3 is 0 Å². The summed E-state index contributed by atoms with van der Waals surface area (Å²) in [5.74, 6) is 0.324. The Morgan fingerprint density at radius 1 is 0.821 bits per heavy atom. The van der Waals surface area contributed by atoms with Crippen molar-refractivity contribution in [2.24, 2.45) is 0 Å². The zero-order chi connectivity index (χ0) is 19.5. The molecule has 4 rings (SSSR count). The van der Waals surface area contributed by atoms with Crippen LogP contribution in [0.15, 0.2) is 42.5 Å². The molecule has 0 spiro atoms. The maximum atomic E-state index is 13.4. The van der Waals surface area contributed by atoms with Gasteiger partial charge in [-0.05, 0) is 55.3 Å². The lowest BCUT2D eigenvalue weighted by Crippen LogP contribution is -2.21. The molecule has 3 aromatic rings. The van der Waals surface area contributed by atoms with Crippen LogP contribution in [0.3, 0.4) is 0 Å². The molecule has 0 bridgehead atoms. The average Bonchev–Trinajstić information content (AvgIpc) is 3.21. The Kier molecular flexibility index (Phi) is 5.21. The van der Waals surface area contributed by atoms with E-state index in [0.717, 1.165) is 25.9 Å². The van der Waals surface area contributed by atoms with Gasteiger partial charge < -0.3 is 15.5 Å². The van der Waals surface area contributed by atoms with Gasteiger partial charge in [0.25, 0.3) is 0 Å². The van der Waals surface area contributed by atoms with Crippen molar-refractivity contribution in [2.45, 2.75) is 12.8 Å². The average molecular weight is 403 g/mol. The van der Waals surface area contributed by atoms with Gasteiger partial charge in [-0.2, -0.15) is 15.0 Å². The molecule has 0 radical (unpaired) electrons. The number of anilines is 5. The van der Waals surface area contributed by atoms with E-state index in [9.17, 15) is 8.78 Å². The highest BCUT2D eigenvalue weighted by Gasteiger charge is 2.18. The molecule has 1 saturated heterocycles. The molecule has 28 heavy (non-hydrogen) atoms. The van der Waals surface area contributed by atoms with Gasteiger partial charge in [-0.15, -0.1) is 0 Å². The van der Waals surface area contributed by atoms with Crippen molar-refractivity contribution in [1.82, 2.24) is 15.0 Å². The van der Waals surface area contributed by atoms with Gasteiger partial charge in [0.1, 0.15) is 11.6 Å². The molecule has 6 nitrogen and oxygen atoms in total. The summed E-state index contributed by atoms with van der Waals surface area (Å²) in [7, 11) is 0. The molecule has 1 aliphatic heterocycles. The zero-order valence-electron chi connectivity index (χ0n) is 14.8. The monoisotopic (exact) mass is 402 g/mol. The first kappa shape index (κ1) is 18.4. The molecule has 0 aliphatic carbocycles. The fourth-order valence-electron chi connectivity index (χ4n) is 2.90. The van der Waals surface area contributed by atoms with E-state index in [2.05, 4.69) is 30.5 Å². The summed E-state index contributed by atoms with van der Waals surface area (Å²) in [6.45, 7) is 1.73. The lowest BCUT2D eigenvalue weighted by molar-refractivity contribution is 0.628. The smallest absolute Gasteiger partial charge is 0.233 e. The van der Waals surface area contributed by atoms with Crippen molar-refractivity contribution < 1.29 is 8.78 Å². The van der Waals surface area contributed by atoms with Crippen molar-refractivity contribution >= 4 is 40.8 Å². The van der Waals surface area contributed by atoms with Gasteiger partial charge in [0.05, 0.1) is 5.02 Å². The lowest BCUT2D eigenvalue weighted by Gasteiger charge is -2.17. The Hall–Kier alpha value is -3.00. The molecule has 0 saturated carbocycles. The first-order valence-corrected chi connectivity index (χ1v) is 9.20. The SMILES string of the molecule is Fc1ccc(Nc2nc(Nc3ccc(F)c(Cl)c3)nc(N3CCCC3)n2)cc1. The maximum absolute atomic E-state index is 13.4. The maximum Gasteiger partial charge on any atom is 0.233 e. The topological polar surface area (TPSA) is 66.0 Å². The molecule has 0 unspecified atom stereocenters. The first-order chi connectivity index (χ1) is 13.6. The van der Waals surface area contributed by atoms with Crippen LogP contribution in [0.5, 0.6) is 0 Å². The number of rotatable bonds is 5. The van der Waals surface area contributed by atoms with Crippen molar-refractivity contribution in [1.29, 1.82) is 0 Å². The largest absolute Gasteiger partial charge is 0.341 e. The van der Waals surface area contributed by atoms with E-state index in [4.69, 9.17) is 11.6 Å². The van der Waals surface area contributed by atoms with Gasteiger partial charge in [-0.1, -0.05) is 11.6 Å². The van der Waals surface area contributed by atoms with E-state index in [1.54, 1.807) is 18.2 Å². The van der Waals surface area contributed by atoms with Crippen LogP contribution >= 0.6 is 11.6 Å². The van der Waals surface area contributed by atoms with Crippen molar-refractivity contribution in [2.75, 3.05) is 28.6 Å². The second kappa shape index (κ2) is 7.93. The summed E-state index contributed by atoms with van der Waals surface area (Å²) in [4.78, 5) is 15.4. The number of nitrogens with zero attached hydrogens (tertiary/aromatic N) is 4. The van der Waals surface area contributed by atoms with Gasteiger partial charge in [0.15, 0.2) is 0 Å². The van der Waals surface area contributed by atoms with Crippen LogP contribution < -0.4 is 15.5 Å². The highest BCUT2D eigenvalue weighted by molar-refractivity contribution is 6.31. The van der Waals surface area contributed by atoms with Crippen LogP contribution in [-0.2, 0) is 0 Å². The van der Waals surface area contributed by atoms with E-state index in [1.807, 2.05) is 0 Å². The second-order valence-corrected chi connectivity index (χ2v) is 6.77. The minimum Gasteiger partial charge on any atom is -0.341 e. The molecule has 2 heterocycles. The second-order valence-electron chi connectivity index (χ2n) is 6.36. The molecule has 144 valence electrons. The van der Waals surface area contributed by atoms with E-state index < -0.39 is 5.82 Å². The fraction of sp³-hybridized carbons (Fsp3) is 0.211. The minimum absolute atomic E-state index is 0.00323. The number of halogens is 3. The lowest BCUT2D eigenvalue weighted by atomic mass is 10.3. The Labute approximate surface area is 165 Å². The number of hydrogen-bond acceptors (Lipinski definition) is 6. The molecule has 0 amide bonds. The molecule has 1 aromatic heterocycles. The molecular weight excluding hydrogens is 386 g/mol. The predicted octanol–water partition coefficient (Wildman–Crippen LogP) is 4.89. The summed E-state index contributed by atoms with van der Waals surface area (Å²) in [5, 5.41) is 6.09. The molecule has 1 aliphatic rings. The quantitative estimate of drug-likeness (QED) is 0.633. The number of nitrogens with one attached hydrogen (secondary N) is 2. The Balaban J connectivity index is 1.64. The molecular formula is C19H17ClF2N6. The van der Waals surface area contributed by atoms with E-state index in [-0.39, 0.29) is 10.8 Å². The highest BCUT2D eigenvalue weighted by atomic mass is 35.5. The molecule has 2 N–H and O–H groups in total. The van der Waals surface area contributed by atoms with E-state index in [1.165, 1.54) is 24.3 Å². The molecule has 0 atom stereocenters. The molecule has 1 fully saturated rings. The van der Waals surface area contributed by atoms with Crippen molar-refractivity contribution in [3.63, 3.8) is 0 Å². The predicted molar refractivity (Wildman–Crippen MR) is 106 cm³/mol. The normalized spacial score (nSPS) is 13.6. The fourth-order valence-corrected chi connectivity index (χ4v) is 3.08. The Morgan fingerprint density at radius 3 is 2.07 bits per heavy atom. The van der Waals surface area contributed by atoms with Gasteiger partial charge in [-0.3, -0.25) is 0 Å². The summed E-state index contributed by atoms with van der Waals surface area (Å²) in [6.07, 6.45) is 2.14. The number of hydrogen-bond donors (Lipinski definition) is 2. The van der Waals surface area contributed by atoms with Gasteiger partial charge in [-0.25, -0.2) is 8.78 Å². The van der Waals surface area contributed by atoms with Crippen LogP contribution in [0.1, 0.15) is 12.8 Å². The van der Waals surface area contributed by atoms with Crippen molar-refractivity contribution in [3.8, 4) is 0 Å². The summed E-state index contributed by atoms with van der Waals surface area (Å²) >= 11 is 5.85. The standard InChI is InChI=1S/C19H17ClF2N6/c20-15-11-14(7-8-16(15)22)24-18-25-17(23-13-5-3-12(21)4-6-13)26-19(27-18)28-9-1-2-10-28/h3-8,11H,1-2,9-10H2,(H2,23,24,25,26,27). The van der Waals surface area contributed by atoms with Crippen LogP contribution in [0, 0.1) is 11.6 Å². The number of benzene rings is 2. The summed E-state index contributed by atoms with van der Waals surface area (Å²) < 4.78 is 26.5. The summed E-state index contributed by atoms with van der Waals surface area (Å²) in [5.41, 5.74) is 1.20. The number of aromatic nitrogens is 3. The Morgan fingerprint density at radius 2 is 1.43 bits per heavy atom. The van der Waals surface area contributed by atoms with Crippen LogP contribution in [-0.4, -0.2) is 28.0 Å². The summed E-state index contributed by atoms with van der Waals surface area (Å²) in [6, 6.07) is 10.2. The van der Waals surface area contributed by atoms with Crippen LogP contribution in [0.25, 0.3) is 0 Å². The Bertz CT molecular complexity index is 977. The minimum atomic E-state index is -0.501. The molecule has 2 aromatic carbocycles. The zero-order valence-corrected chi connectivity index (χ0v) is 15.5. The third-order valence-electron chi connectivity index (χ3n) is 4.29. The van der Waals surface area contributed by atoms with Crippen LogP contribution in [0.2, 0.25) is 5.02 Å². The van der Waals surface area contributed by atoms with Gasteiger partial charge in [0.2, 0.25) is 17.8 Å². The third-order valence-corrected chi connectivity index (χ3v) is 4.58. The van der Waals surface area contributed by atoms with Crippen molar-refractivity contribution in [3.05, 3.63) is 59.1 Å². The van der Waals surface area contributed by atoms with E-state index in [0.29, 0.717) is 29.2 Å². The molecule has 9 heteroatoms. The van der Waals surface area contributed by atoms with Gasteiger partial charge in [0, 0.05) is 24.5 Å². The first-order valence-electron chi connectivity index (χ1n) is 8.82. The van der Waals surface area contributed by atoms with Crippen LogP contribution in [0.4, 0.5) is 38.0 Å². The van der Waals surface area contributed by atoms with E-state index >= 15 is 0 Å². The third kappa shape index (κ3) is 4.28.